The van der Waals surface area contributed by atoms with Gasteiger partial charge in [-0.25, -0.2) is 0 Å². The Morgan fingerprint density at radius 1 is 1.00 bits per heavy atom. The van der Waals surface area contributed by atoms with Gasteiger partial charge in [0, 0.05) is 0 Å². The Labute approximate surface area is 125 Å². The van der Waals surface area contributed by atoms with Gasteiger partial charge in [-0.15, -0.1) is 0 Å². The van der Waals surface area contributed by atoms with Gasteiger partial charge in [-0.05, 0) is 28.6 Å². The summed E-state index contributed by atoms with van der Waals surface area (Å²) in [4.78, 5) is 4.49. The van der Waals surface area contributed by atoms with E-state index in [1.807, 2.05) is 30.3 Å². The molecule has 1 heterocycles. The van der Waals surface area contributed by atoms with Crippen LogP contribution in [0.4, 0.5) is 0 Å². The van der Waals surface area contributed by atoms with Gasteiger partial charge < -0.3 is 0 Å². The van der Waals surface area contributed by atoms with Crippen LogP contribution in [0.1, 0.15) is 32.8 Å². The molecule has 1 aromatic carbocycles. The topological polar surface area (TPSA) is 12.9 Å². The molecule has 0 fully saturated rings. The van der Waals surface area contributed by atoms with Gasteiger partial charge in [0.05, 0.1) is 5.69 Å². The standard InChI is InChI=1S/C16H16B3N/c1-4-16(2,3)11-12(17)13(18)14(20-15(11)19)10-8-6-5-7-9-10/h5-9H,4H2,1-3H3. The van der Waals surface area contributed by atoms with Crippen LogP contribution < -0.4 is 16.5 Å². The van der Waals surface area contributed by atoms with E-state index < -0.39 is 0 Å². The average Bonchev–Trinajstić information content (AvgIpc) is 2.43. The molecule has 0 N–H and O–H groups in total. The van der Waals surface area contributed by atoms with E-state index in [1.165, 1.54) is 0 Å². The van der Waals surface area contributed by atoms with Crippen molar-refractivity contribution in [3.63, 3.8) is 0 Å². The predicted molar refractivity (Wildman–Crippen MR) is 89.2 cm³/mol. The number of pyridine rings is 1. The maximum Gasteiger partial charge on any atom is 0.142 e. The lowest BCUT2D eigenvalue weighted by Gasteiger charge is -2.30. The molecule has 2 aromatic rings. The lowest BCUT2D eigenvalue weighted by atomic mass is 9.66. The molecule has 0 aliphatic rings. The first kappa shape index (κ1) is 15.0. The van der Waals surface area contributed by atoms with E-state index in [1.54, 1.807) is 0 Å². The quantitative estimate of drug-likeness (QED) is 0.739. The van der Waals surface area contributed by atoms with E-state index in [2.05, 4.69) is 25.8 Å². The van der Waals surface area contributed by atoms with Gasteiger partial charge in [0.15, 0.2) is 0 Å². The Morgan fingerprint density at radius 3 is 2.15 bits per heavy atom. The fourth-order valence-corrected chi connectivity index (χ4v) is 2.34. The van der Waals surface area contributed by atoms with E-state index in [9.17, 15) is 0 Å². The second-order valence-corrected chi connectivity index (χ2v) is 5.65. The van der Waals surface area contributed by atoms with Crippen LogP contribution in [0.3, 0.4) is 0 Å². The van der Waals surface area contributed by atoms with Gasteiger partial charge >= 0.3 is 0 Å². The molecular weight excluding hydrogens is 239 g/mol. The molecule has 6 radical (unpaired) electrons. The first-order chi connectivity index (χ1) is 9.38. The molecule has 0 aliphatic heterocycles. The monoisotopic (exact) mass is 255 g/mol. The lowest BCUT2D eigenvalue weighted by molar-refractivity contribution is 0.511. The van der Waals surface area contributed by atoms with Crippen molar-refractivity contribution in [1.82, 2.24) is 4.98 Å². The predicted octanol–water partition coefficient (Wildman–Crippen LogP) is 0.818. The molecule has 20 heavy (non-hydrogen) atoms. The van der Waals surface area contributed by atoms with Crippen molar-refractivity contribution in [1.29, 1.82) is 0 Å². The highest BCUT2D eigenvalue weighted by Gasteiger charge is 2.24. The van der Waals surface area contributed by atoms with Crippen molar-refractivity contribution in [3.8, 4) is 11.3 Å². The fourth-order valence-electron chi connectivity index (χ4n) is 2.34. The first-order valence-corrected chi connectivity index (χ1v) is 6.78. The fraction of sp³-hybridized carbons (Fsp3) is 0.312. The van der Waals surface area contributed by atoms with Crippen LogP contribution in [-0.2, 0) is 5.41 Å². The van der Waals surface area contributed by atoms with Gasteiger partial charge in [0.25, 0.3) is 0 Å². The summed E-state index contributed by atoms with van der Waals surface area (Å²) in [6.07, 6.45) is 0.910. The van der Waals surface area contributed by atoms with Crippen LogP contribution in [0, 0.1) is 0 Å². The van der Waals surface area contributed by atoms with Crippen molar-refractivity contribution in [2.75, 3.05) is 0 Å². The van der Waals surface area contributed by atoms with Crippen LogP contribution >= 0.6 is 0 Å². The molecule has 94 valence electrons. The van der Waals surface area contributed by atoms with E-state index in [-0.39, 0.29) is 5.41 Å². The number of nitrogens with zero attached hydrogens (tertiary/aromatic N) is 1. The van der Waals surface area contributed by atoms with E-state index >= 15 is 0 Å². The highest BCUT2D eigenvalue weighted by Crippen LogP contribution is 2.23. The van der Waals surface area contributed by atoms with Crippen LogP contribution in [-0.4, -0.2) is 28.5 Å². The summed E-state index contributed by atoms with van der Waals surface area (Å²) < 4.78 is 0. The second-order valence-electron chi connectivity index (χ2n) is 5.65. The molecule has 0 bridgehead atoms. The van der Waals surface area contributed by atoms with Crippen molar-refractivity contribution in [2.24, 2.45) is 0 Å². The maximum absolute atomic E-state index is 6.24. The van der Waals surface area contributed by atoms with Gasteiger partial charge in [-0.2, -0.15) is 0 Å². The smallest absolute Gasteiger partial charge is 0.142 e. The van der Waals surface area contributed by atoms with Crippen LogP contribution in [0.25, 0.3) is 11.3 Å². The first-order valence-electron chi connectivity index (χ1n) is 6.78. The largest absolute Gasteiger partial charge is 0.265 e. The number of benzene rings is 1. The van der Waals surface area contributed by atoms with Crippen molar-refractivity contribution in [3.05, 3.63) is 35.9 Å². The Bertz CT molecular complexity index is 621. The Morgan fingerprint density at radius 2 is 1.60 bits per heavy atom. The molecule has 0 spiro atoms. The molecule has 0 saturated carbocycles. The number of hydrogen-bond acceptors (Lipinski definition) is 1. The Hall–Kier alpha value is -1.44. The number of rotatable bonds is 3. The molecule has 0 saturated heterocycles. The van der Waals surface area contributed by atoms with Crippen molar-refractivity contribution in [2.45, 2.75) is 32.6 Å². The van der Waals surface area contributed by atoms with Crippen LogP contribution in [0.2, 0.25) is 0 Å². The molecule has 0 unspecified atom stereocenters. The van der Waals surface area contributed by atoms with Gasteiger partial charge in [0.1, 0.15) is 23.5 Å². The summed E-state index contributed by atoms with van der Waals surface area (Å²) in [5.74, 6) is 0. The minimum Gasteiger partial charge on any atom is -0.265 e. The summed E-state index contributed by atoms with van der Waals surface area (Å²) in [6.45, 7) is 6.29. The third kappa shape index (κ3) is 2.56. The molecule has 1 aromatic heterocycles. The summed E-state index contributed by atoms with van der Waals surface area (Å²) in [7, 11) is 18.6. The third-order valence-electron chi connectivity index (χ3n) is 3.91. The van der Waals surface area contributed by atoms with E-state index in [0.717, 1.165) is 17.5 Å². The lowest BCUT2D eigenvalue weighted by Crippen LogP contribution is -2.44. The second kappa shape index (κ2) is 5.51. The van der Waals surface area contributed by atoms with Crippen molar-refractivity contribution < 1.29 is 0 Å². The molecular formula is C16H16B3N. The molecule has 0 atom stereocenters. The van der Waals surface area contributed by atoms with Gasteiger partial charge in [-0.1, -0.05) is 62.0 Å². The van der Waals surface area contributed by atoms with Crippen molar-refractivity contribution >= 4 is 40.1 Å². The molecule has 2 rings (SSSR count). The van der Waals surface area contributed by atoms with Crippen LogP contribution in [0.5, 0.6) is 0 Å². The Balaban J connectivity index is 2.67. The van der Waals surface area contributed by atoms with Crippen LogP contribution in [0.15, 0.2) is 30.3 Å². The third-order valence-corrected chi connectivity index (χ3v) is 3.91. The number of aromatic nitrogens is 1. The van der Waals surface area contributed by atoms with E-state index in [0.29, 0.717) is 22.2 Å². The normalized spacial score (nSPS) is 11.6. The minimum atomic E-state index is -0.148. The summed E-state index contributed by atoms with van der Waals surface area (Å²) in [6, 6.07) is 9.71. The average molecular weight is 255 g/mol. The molecule has 4 heteroatoms. The Kier molecular flexibility index (Phi) is 4.13. The molecule has 0 amide bonds. The zero-order valence-electron chi connectivity index (χ0n) is 12.3. The summed E-state index contributed by atoms with van der Waals surface area (Å²) in [5.41, 5.74) is 3.77. The van der Waals surface area contributed by atoms with Gasteiger partial charge in [0.2, 0.25) is 0 Å². The molecule has 0 aliphatic carbocycles. The number of hydrogen-bond donors (Lipinski definition) is 0. The minimum absolute atomic E-state index is 0.148. The molecule has 1 nitrogen and oxygen atoms in total. The zero-order chi connectivity index (χ0) is 14.9. The zero-order valence-corrected chi connectivity index (χ0v) is 12.3. The highest BCUT2D eigenvalue weighted by molar-refractivity contribution is 6.52. The SMILES string of the molecule is [B]c1nc(-c2ccccc2)c([B])c([B])c1C(C)(C)CC. The van der Waals surface area contributed by atoms with E-state index in [4.69, 9.17) is 23.5 Å². The summed E-state index contributed by atoms with van der Waals surface area (Å²) in [5, 5.41) is 0. The highest BCUT2D eigenvalue weighted by atomic mass is 14.7. The summed E-state index contributed by atoms with van der Waals surface area (Å²) >= 11 is 0. The van der Waals surface area contributed by atoms with Gasteiger partial charge in [-0.3, -0.25) is 4.98 Å². The maximum atomic E-state index is 6.24.